The van der Waals surface area contributed by atoms with Crippen LogP contribution in [0.25, 0.3) is 0 Å². The third kappa shape index (κ3) is 3.60. The fraction of sp³-hybridized carbons (Fsp3) is 0. The summed E-state index contributed by atoms with van der Waals surface area (Å²) in [5, 5.41) is 5.43. The van der Waals surface area contributed by atoms with Crippen LogP contribution in [0.15, 0.2) is 35.4 Å². The Morgan fingerprint density at radius 3 is 2.36 bits per heavy atom. The number of carbonyl (C=O) groups excluding carboxylic acids is 1. The van der Waals surface area contributed by atoms with Gasteiger partial charge in [0.15, 0.2) is 0 Å². The minimum absolute atomic E-state index is 0. The molecule has 0 aliphatic rings. The highest BCUT2D eigenvalue weighted by Gasteiger charge is 2.04. The molecule has 0 bridgehead atoms. The Labute approximate surface area is 98.6 Å². The topological polar surface area (TPSA) is 93.5 Å². The van der Waals surface area contributed by atoms with Gasteiger partial charge in [-0.05, 0) is 12.1 Å². The fourth-order valence-electron chi connectivity index (χ4n) is 0.810. The highest BCUT2D eigenvalue weighted by atomic mass is 127. The summed E-state index contributed by atoms with van der Waals surface area (Å²) in [5.74, 6) is 4.42. The van der Waals surface area contributed by atoms with E-state index in [-0.39, 0.29) is 35.8 Å². The van der Waals surface area contributed by atoms with Crippen LogP contribution >= 0.6 is 24.0 Å². The molecule has 0 aromatic heterocycles. The normalized spacial score (nSPS) is 10.1. The summed E-state index contributed by atoms with van der Waals surface area (Å²) in [5.41, 5.74) is 5.71. The average Bonchev–Trinajstić information content (AvgIpc) is 2.19. The number of nitrogens with one attached hydrogen (secondary N) is 1. The summed E-state index contributed by atoms with van der Waals surface area (Å²) in [7, 11) is 0. The number of halogens is 1. The number of rotatable bonds is 1. The van der Waals surface area contributed by atoms with E-state index in [9.17, 15) is 4.79 Å². The van der Waals surface area contributed by atoms with Gasteiger partial charge in [0.25, 0.3) is 5.91 Å². The van der Waals surface area contributed by atoms with Crippen LogP contribution in [0.2, 0.25) is 0 Å². The Balaban J connectivity index is 0.00000169. The molecule has 0 atom stereocenters. The van der Waals surface area contributed by atoms with E-state index in [1.165, 1.54) is 0 Å². The van der Waals surface area contributed by atoms with Gasteiger partial charge in [-0.25, -0.2) is 0 Å². The molecule has 5 nitrogen and oxygen atoms in total. The van der Waals surface area contributed by atoms with Crippen LogP contribution in [0.4, 0.5) is 0 Å². The predicted molar refractivity (Wildman–Crippen MR) is 65.1 cm³/mol. The molecule has 0 spiro atoms. The second-order valence-corrected chi connectivity index (χ2v) is 2.33. The lowest BCUT2D eigenvalue weighted by Crippen LogP contribution is -2.37. The molecule has 1 aromatic rings. The lowest BCUT2D eigenvalue weighted by molar-refractivity contribution is 0.0976. The quantitative estimate of drug-likeness (QED) is 0.228. The highest BCUT2D eigenvalue weighted by Crippen LogP contribution is 1.96. The molecule has 1 amide bonds. The number of hydrazone groups is 1. The van der Waals surface area contributed by atoms with Gasteiger partial charge in [0.05, 0.1) is 0 Å². The van der Waals surface area contributed by atoms with Crippen LogP contribution in [0.1, 0.15) is 10.4 Å². The molecule has 0 saturated heterocycles. The summed E-state index contributed by atoms with van der Waals surface area (Å²) in [4.78, 5) is 11.3. The molecule has 6 heteroatoms. The van der Waals surface area contributed by atoms with E-state index in [0.717, 1.165) is 0 Å². The van der Waals surface area contributed by atoms with Gasteiger partial charge in [-0.3, -0.25) is 10.1 Å². The van der Waals surface area contributed by atoms with Crippen LogP contribution in [-0.2, 0) is 0 Å². The van der Waals surface area contributed by atoms with Crippen molar-refractivity contribution in [3.8, 4) is 0 Å². The summed E-state index contributed by atoms with van der Waals surface area (Å²) < 4.78 is 0. The number of hydrogen-bond acceptors (Lipinski definition) is 3. The highest BCUT2D eigenvalue weighted by molar-refractivity contribution is 14.0. The van der Waals surface area contributed by atoms with E-state index < -0.39 is 0 Å². The molecule has 1 rings (SSSR count). The fourth-order valence-corrected chi connectivity index (χ4v) is 0.810. The lowest BCUT2D eigenvalue weighted by atomic mass is 10.2. The van der Waals surface area contributed by atoms with Crippen LogP contribution in [0, 0.1) is 0 Å². The number of nitrogens with zero attached hydrogens (tertiary/aromatic N) is 1. The Hall–Kier alpha value is -1.31. The summed E-state index contributed by atoms with van der Waals surface area (Å²) in [6, 6.07) is 8.66. The van der Waals surface area contributed by atoms with Gasteiger partial charge < -0.3 is 11.6 Å². The van der Waals surface area contributed by atoms with Crippen molar-refractivity contribution in [1.82, 2.24) is 5.32 Å². The van der Waals surface area contributed by atoms with E-state index in [1.54, 1.807) is 24.3 Å². The second kappa shape index (κ2) is 6.19. The smallest absolute Gasteiger partial charge is 0.257 e. The van der Waals surface area contributed by atoms with E-state index >= 15 is 0 Å². The Bertz CT molecular complexity index is 325. The molecule has 0 aliphatic carbocycles. The van der Waals surface area contributed by atoms with Gasteiger partial charge in [-0.15, -0.1) is 29.1 Å². The van der Waals surface area contributed by atoms with E-state index in [0.29, 0.717) is 5.56 Å². The molecular formula is C8H11IN4O. The third-order valence-corrected chi connectivity index (χ3v) is 1.42. The second-order valence-electron chi connectivity index (χ2n) is 2.33. The first-order valence-corrected chi connectivity index (χ1v) is 3.64. The van der Waals surface area contributed by atoms with Gasteiger partial charge in [-0.1, -0.05) is 18.2 Å². The predicted octanol–water partition coefficient (Wildman–Crippen LogP) is 0.223. The molecule has 0 saturated carbocycles. The van der Waals surface area contributed by atoms with E-state index in [4.69, 9.17) is 11.6 Å². The molecule has 1 aromatic carbocycles. The van der Waals surface area contributed by atoms with Gasteiger partial charge in [0.1, 0.15) is 0 Å². The van der Waals surface area contributed by atoms with E-state index in [1.807, 2.05) is 6.07 Å². The molecule has 0 aliphatic heterocycles. The van der Waals surface area contributed by atoms with Crippen molar-refractivity contribution in [3.63, 3.8) is 0 Å². The van der Waals surface area contributed by atoms with Gasteiger partial charge in [0.2, 0.25) is 5.96 Å². The maximum atomic E-state index is 11.3. The van der Waals surface area contributed by atoms with Crippen LogP contribution in [0.5, 0.6) is 0 Å². The molecule has 0 heterocycles. The van der Waals surface area contributed by atoms with Crippen molar-refractivity contribution >= 4 is 35.8 Å². The molecular weight excluding hydrogens is 295 g/mol. The number of nitrogens with two attached hydrogens (primary N) is 2. The van der Waals surface area contributed by atoms with Crippen molar-refractivity contribution < 1.29 is 4.79 Å². The maximum absolute atomic E-state index is 11.3. The zero-order chi connectivity index (χ0) is 9.68. The average molecular weight is 306 g/mol. The van der Waals surface area contributed by atoms with Crippen molar-refractivity contribution in [3.05, 3.63) is 35.9 Å². The van der Waals surface area contributed by atoms with Crippen molar-refractivity contribution in [1.29, 1.82) is 0 Å². The van der Waals surface area contributed by atoms with Gasteiger partial charge in [0, 0.05) is 5.56 Å². The van der Waals surface area contributed by atoms with Crippen molar-refractivity contribution in [2.45, 2.75) is 0 Å². The molecule has 0 fully saturated rings. The van der Waals surface area contributed by atoms with Crippen LogP contribution in [-0.4, -0.2) is 11.9 Å². The zero-order valence-corrected chi connectivity index (χ0v) is 9.64. The molecule has 5 N–H and O–H groups in total. The Morgan fingerprint density at radius 2 is 1.86 bits per heavy atom. The zero-order valence-electron chi connectivity index (χ0n) is 7.31. The maximum Gasteiger partial charge on any atom is 0.257 e. The van der Waals surface area contributed by atoms with Crippen LogP contribution < -0.4 is 16.9 Å². The number of amides is 1. The third-order valence-electron chi connectivity index (χ3n) is 1.42. The van der Waals surface area contributed by atoms with Crippen molar-refractivity contribution in [2.24, 2.45) is 16.7 Å². The standard InChI is InChI=1S/C8H10N4O.HI/c9-8(12-10)11-7(13)6-4-2-1-3-5-6;/h1-5H,10H2,(H3,9,11,12,13);1H. The first-order chi connectivity index (χ1) is 6.24. The van der Waals surface area contributed by atoms with Gasteiger partial charge >= 0.3 is 0 Å². The Kier molecular flexibility index (Phi) is 5.61. The van der Waals surface area contributed by atoms with Crippen molar-refractivity contribution in [2.75, 3.05) is 0 Å². The van der Waals surface area contributed by atoms with Gasteiger partial charge in [-0.2, -0.15) is 0 Å². The summed E-state index contributed by atoms with van der Waals surface area (Å²) in [6.45, 7) is 0. The minimum Gasteiger partial charge on any atom is -0.368 e. The number of carbonyl (C=O) groups is 1. The number of guanidine groups is 1. The summed E-state index contributed by atoms with van der Waals surface area (Å²) in [6.07, 6.45) is 0. The number of benzene rings is 1. The largest absolute Gasteiger partial charge is 0.368 e. The minimum atomic E-state index is -0.327. The Morgan fingerprint density at radius 1 is 1.29 bits per heavy atom. The molecule has 14 heavy (non-hydrogen) atoms. The molecule has 0 unspecified atom stereocenters. The SMILES string of the molecule is I.N/N=C(\N)NC(=O)c1ccccc1. The molecule has 0 radical (unpaired) electrons. The van der Waals surface area contributed by atoms with E-state index in [2.05, 4.69) is 10.4 Å². The summed E-state index contributed by atoms with van der Waals surface area (Å²) >= 11 is 0. The first-order valence-electron chi connectivity index (χ1n) is 3.64. The number of hydrogen-bond donors (Lipinski definition) is 3. The molecule has 76 valence electrons. The lowest BCUT2D eigenvalue weighted by Gasteiger charge is -2.01. The monoisotopic (exact) mass is 306 g/mol. The van der Waals surface area contributed by atoms with Crippen LogP contribution in [0.3, 0.4) is 0 Å². The first kappa shape index (κ1) is 12.7.